The Morgan fingerprint density at radius 3 is 2.15 bits per heavy atom. The van der Waals surface area contributed by atoms with E-state index in [0.29, 0.717) is 13.1 Å². The minimum absolute atomic E-state index is 0.0505. The lowest BCUT2D eigenvalue weighted by Crippen LogP contribution is -2.53. The van der Waals surface area contributed by atoms with Gasteiger partial charge in [-0.3, -0.25) is 9.69 Å². The van der Waals surface area contributed by atoms with E-state index in [4.69, 9.17) is 5.11 Å². The average Bonchev–Trinajstić information content (AvgIpc) is 2.60. The van der Waals surface area contributed by atoms with Crippen LogP contribution in [0.15, 0.2) is 29.2 Å². The quantitative estimate of drug-likeness (QED) is 0.695. The Balaban J connectivity index is 1.90. The van der Waals surface area contributed by atoms with Gasteiger partial charge in [0.25, 0.3) is 0 Å². The highest BCUT2D eigenvalue weighted by atomic mass is 32.2. The van der Waals surface area contributed by atoms with Gasteiger partial charge in [-0.15, -0.1) is 0 Å². The van der Waals surface area contributed by atoms with Crippen LogP contribution < -0.4 is 5.32 Å². The van der Waals surface area contributed by atoms with Crippen LogP contribution in [0.4, 0.5) is 0 Å². The Labute approximate surface area is 160 Å². The third kappa shape index (κ3) is 5.50. The highest BCUT2D eigenvalue weighted by molar-refractivity contribution is 7.89. The Kier molecular flexibility index (Phi) is 6.96. The number of hydrogen-bond acceptors (Lipinski definition) is 5. The lowest BCUT2D eigenvalue weighted by molar-refractivity contribution is -0.143. The summed E-state index contributed by atoms with van der Waals surface area (Å²) < 4.78 is 26.8. The molecule has 0 unspecified atom stereocenters. The molecule has 0 bridgehead atoms. The summed E-state index contributed by atoms with van der Waals surface area (Å²) in [5.41, 5.74) is 0.992. The number of carbonyl (C=O) groups excluding carboxylic acids is 1. The largest absolute Gasteiger partial charge is 0.480 e. The molecule has 8 nitrogen and oxygen atoms in total. The molecule has 27 heavy (non-hydrogen) atoms. The highest BCUT2D eigenvalue weighted by Gasteiger charge is 2.30. The number of piperazine rings is 1. The third-order valence-electron chi connectivity index (χ3n) is 4.61. The molecular weight excluding hydrogens is 370 g/mol. The molecule has 0 saturated carbocycles. The lowest BCUT2D eigenvalue weighted by Gasteiger charge is -2.33. The third-order valence-corrected chi connectivity index (χ3v) is 6.52. The van der Waals surface area contributed by atoms with Crippen LogP contribution in [0.25, 0.3) is 0 Å². The molecule has 9 heteroatoms. The van der Waals surface area contributed by atoms with Crippen molar-refractivity contribution >= 4 is 21.9 Å². The van der Waals surface area contributed by atoms with E-state index < -0.39 is 22.0 Å². The van der Waals surface area contributed by atoms with Gasteiger partial charge in [-0.2, -0.15) is 4.31 Å². The molecule has 1 aliphatic rings. The average molecular weight is 397 g/mol. The molecule has 0 spiro atoms. The number of aliphatic carboxylic acids is 1. The van der Waals surface area contributed by atoms with Crippen LogP contribution in [0.1, 0.15) is 19.4 Å². The van der Waals surface area contributed by atoms with Crippen LogP contribution >= 0.6 is 0 Å². The minimum atomic E-state index is -3.54. The molecule has 1 fully saturated rings. The van der Waals surface area contributed by atoms with Crippen molar-refractivity contribution in [2.75, 3.05) is 32.7 Å². The maximum absolute atomic E-state index is 12.7. The zero-order valence-corrected chi connectivity index (χ0v) is 16.7. The molecule has 1 aromatic rings. The summed E-state index contributed by atoms with van der Waals surface area (Å²) in [6.07, 6.45) is 0. The molecule has 1 aromatic carbocycles. The zero-order chi connectivity index (χ0) is 20.2. The standard InChI is InChI=1S/C18H27N3O5S/c1-13(2)17(18(23)24)19-16(22)12-20-8-10-21(11-9-20)27(25,26)15-6-4-14(3)5-7-15/h4-7,13,17H,8-12H2,1-3H3,(H,19,22)(H,23,24)/t17-/m0/s1. The number of rotatable bonds is 7. The van der Waals surface area contributed by atoms with Crippen molar-refractivity contribution in [1.82, 2.24) is 14.5 Å². The van der Waals surface area contributed by atoms with Gasteiger partial charge >= 0.3 is 5.97 Å². The van der Waals surface area contributed by atoms with E-state index in [-0.39, 0.29) is 36.4 Å². The van der Waals surface area contributed by atoms with E-state index in [1.807, 2.05) is 11.8 Å². The second-order valence-electron chi connectivity index (χ2n) is 7.12. The molecule has 1 aliphatic heterocycles. The first-order chi connectivity index (χ1) is 12.6. The van der Waals surface area contributed by atoms with E-state index in [0.717, 1.165) is 5.56 Å². The van der Waals surface area contributed by atoms with Crippen LogP contribution in [0.3, 0.4) is 0 Å². The molecule has 2 rings (SSSR count). The highest BCUT2D eigenvalue weighted by Crippen LogP contribution is 2.18. The molecule has 0 aromatic heterocycles. The first-order valence-corrected chi connectivity index (χ1v) is 10.4. The van der Waals surface area contributed by atoms with Gasteiger partial charge < -0.3 is 10.4 Å². The molecular formula is C18H27N3O5S. The van der Waals surface area contributed by atoms with Crippen molar-refractivity contribution in [3.63, 3.8) is 0 Å². The summed E-state index contributed by atoms with van der Waals surface area (Å²) in [6, 6.07) is 5.80. The molecule has 1 heterocycles. The van der Waals surface area contributed by atoms with E-state index in [1.54, 1.807) is 38.1 Å². The topological polar surface area (TPSA) is 107 Å². The van der Waals surface area contributed by atoms with E-state index >= 15 is 0 Å². The molecule has 1 saturated heterocycles. The number of aryl methyl sites for hydroxylation is 1. The van der Waals surface area contributed by atoms with Crippen LogP contribution in [0, 0.1) is 12.8 Å². The number of carbonyl (C=O) groups is 2. The summed E-state index contributed by atoms with van der Waals surface area (Å²) in [7, 11) is -3.54. The van der Waals surface area contributed by atoms with Gasteiger partial charge in [0.2, 0.25) is 15.9 Å². The van der Waals surface area contributed by atoms with Gasteiger partial charge in [0.05, 0.1) is 11.4 Å². The first kappa shape index (κ1) is 21.3. The predicted octanol–water partition coefficient (Wildman–Crippen LogP) is 0.527. The number of benzene rings is 1. The normalized spacial score (nSPS) is 17.6. The van der Waals surface area contributed by atoms with Crippen LogP contribution in [0.5, 0.6) is 0 Å². The van der Waals surface area contributed by atoms with Gasteiger partial charge in [0.15, 0.2) is 0 Å². The summed E-state index contributed by atoms with van der Waals surface area (Å²) in [4.78, 5) is 25.4. The maximum atomic E-state index is 12.7. The summed E-state index contributed by atoms with van der Waals surface area (Å²) in [5.74, 6) is -1.65. The summed E-state index contributed by atoms with van der Waals surface area (Å²) in [5, 5.41) is 11.7. The second-order valence-corrected chi connectivity index (χ2v) is 9.06. The van der Waals surface area contributed by atoms with Crippen molar-refractivity contribution in [2.45, 2.75) is 31.7 Å². The van der Waals surface area contributed by atoms with Crippen molar-refractivity contribution in [3.05, 3.63) is 29.8 Å². The van der Waals surface area contributed by atoms with Crippen molar-refractivity contribution in [3.8, 4) is 0 Å². The van der Waals surface area contributed by atoms with Crippen molar-refractivity contribution in [1.29, 1.82) is 0 Å². The lowest BCUT2D eigenvalue weighted by atomic mass is 10.0. The molecule has 2 N–H and O–H groups in total. The summed E-state index contributed by atoms with van der Waals surface area (Å²) >= 11 is 0. The number of amides is 1. The Hall–Kier alpha value is -1.97. The monoisotopic (exact) mass is 397 g/mol. The fraction of sp³-hybridized carbons (Fsp3) is 0.556. The minimum Gasteiger partial charge on any atom is -0.480 e. The Bertz CT molecular complexity index is 769. The SMILES string of the molecule is Cc1ccc(S(=O)(=O)N2CCN(CC(=O)N[C@H](C(=O)O)C(C)C)CC2)cc1. The predicted molar refractivity (Wildman–Crippen MR) is 101 cm³/mol. The Morgan fingerprint density at radius 1 is 1.11 bits per heavy atom. The number of sulfonamides is 1. The van der Waals surface area contributed by atoms with E-state index in [1.165, 1.54) is 4.31 Å². The van der Waals surface area contributed by atoms with Gasteiger partial charge in [-0.1, -0.05) is 31.5 Å². The summed E-state index contributed by atoms with van der Waals surface area (Å²) in [6.45, 7) is 6.81. The molecule has 150 valence electrons. The van der Waals surface area contributed by atoms with Gasteiger partial charge in [0, 0.05) is 26.2 Å². The number of nitrogens with zero attached hydrogens (tertiary/aromatic N) is 2. The second kappa shape index (κ2) is 8.81. The van der Waals surface area contributed by atoms with Crippen LogP contribution in [-0.2, 0) is 19.6 Å². The molecule has 0 aliphatic carbocycles. The van der Waals surface area contributed by atoms with Crippen molar-refractivity contribution in [2.24, 2.45) is 5.92 Å². The molecule has 0 radical (unpaired) electrons. The van der Waals surface area contributed by atoms with Gasteiger partial charge in [-0.05, 0) is 25.0 Å². The van der Waals surface area contributed by atoms with E-state index in [9.17, 15) is 18.0 Å². The zero-order valence-electron chi connectivity index (χ0n) is 15.9. The van der Waals surface area contributed by atoms with E-state index in [2.05, 4.69) is 5.32 Å². The van der Waals surface area contributed by atoms with Gasteiger partial charge in [0.1, 0.15) is 6.04 Å². The maximum Gasteiger partial charge on any atom is 0.326 e. The first-order valence-electron chi connectivity index (χ1n) is 8.92. The number of hydrogen-bond donors (Lipinski definition) is 2. The fourth-order valence-electron chi connectivity index (χ4n) is 2.92. The number of carboxylic acid groups (broad SMARTS) is 1. The fourth-order valence-corrected chi connectivity index (χ4v) is 4.35. The number of nitrogens with one attached hydrogen (secondary N) is 1. The smallest absolute Gasteiger partial charge is 0.326 e. The van der Waals surface area contributed by atoms with Gasteiger partial charge in [-0.25, -0.2) is 13.2 Å². The Morgan fingerprint density at radius 2 is 1.67 bits per heavy atom. The molecule has 1 atom stereocenters. The van der Waals surface area contributed by atoms with Crippen LogP contribution in [0.2, 0.25) is 0 Å². The van der Waals surface area contributed by atoms with Crippen molar-refractivity contribution < 1.29 is 23.1 Å². The van der Waals surface area contributed by atoms with Crippen LogP contribution in [-0.4, -0.2) is 73.4 Å². The molecule has 1 amide bonds. The number of carboxylic acids is 1.